The fraction of sp³-hybridized carbons (Fsp3) is 0.500. The molecule has 98 valence electrons. The standard InChI is InChI=1S/C14H20N2O2/c17-11-16-9-12-1-3-13(4-2-12)10-18-14-5-7-15-8-6-14/h1-4,11,14-15H,5-10H2,(H,16,17). The lowest BCUT2D eigenvalue weighted by Gasteiger charge is -2.23. The van der Waals surface area contributed by atoms with Crippen LogP contribution in [0, 0.1) is 0 Å². The summed E-state index contributed by atoms with van der Waals surface area (Å²) in [7, 11) is 0. The number of benzene rings is 1. The second-order valence-corrected chi connectivity index (χ2v) is 4.58. The van der Waals surface area contributed by atoms with Gasteiger partial charge in [0.05, 0.1) is 12.7 Å². The first kappa shape index (κ1) is 13.1. The third-order valence-electron chi connectivity index (χ3n) is 3.18. The summed E-state index contributed by atoms with van der Waals surface area (Å²) < 4.78 is 5.88. The highest BCUT2D eigenvalue weighted by molar-refractivity contribution is 5.46. The van der Waals surface area contributed by atoms with Crippen LogP contribution in [0.2, 0.25) is 0 Å². The van der Waals surface area contributed by atoms with E-state index in [1.165, 1.54) is 5.56 Å². The zero-order valence-corrected chi connectivity index (χ0v) is 10.5. The zero-order chi connectivity index (χ0) is 12.6. The molecule has 2 N–H and O–H groups in total. The van der Waals surface area contributed by atoms with Gasteiger partial charge in [0.15, 0.2) is 0 Å². The van der Waals surface area contributed by atoms with Crippen LogP contribution >= 0.6 is 0 Å². The number of rotatable bonds is 6. The molecule has 4 nitrogen and oxygen atoms in total. The second kappa shape index (κ2) is 7.13. The fourth-order valence-electron chi connectivity index (χ4n) is 2.09. The van der Waals surface area contributed by atoms with E-state index in [9.17, 15) is 4.79 Å². The molecule has 18 heavy (non-hydrogen) atoms. The number of hydrogen-bond acceptors (Lipinski definition) is 3. The van der Waals surface area contributed by atoms with Crippen molar-refractivity contribution in [3.8, 4) is 0 Å². The van der Waals surface area contributed by atoms with Gasteiger partial charge in [-0.15, -0.1) is 0 Å². The highest BCUT2D eigenvalue weighted by atomic mass is 16.5. The third kappa shape index (κ3) is 4.13. The van der Waals surface area contributed by atoms with Crippen molar-refractivity contribution in [2.24, 2.45) is 0 Å². The van der Waals surface area contributed by atoms with Gasteiger partial charge in [-0.1, -0.05) is 24.3 Å². The molecular formula is C14H20N2O2. The molecule has 1 aliphatic heterocycles. The van der Waals surface area contributed by atoms with Gasteiger partial charge in [0.1, 0.15) is 0 Å². The average molecular weight is 248 g/mol. The average Bonchev–Trinajstić information content (AvgIpc) is 2.45. The molecule has 1 heterocycles. The second-order valence-electron chi connectivity index (χ2n) is 4.58. The van der Waals surface area contributed by atoms with Crippen molar-refractivity contribution in [3.05, 3.63) is 35.4 Å². The lowest BCUT2D eigenvalue weighted by molar-refractivity contribution is -0.109. The Hall–Kier alpha value is -1.39. The van der Waals surface area contributed by atoms with E-state index in [0.29, 0.717) is 25.7 Å². The van der Waals surface area contributed by atoms with Crippen molar-refractivity contribution < 1.29 is 9.53 Å². The molecule has 1 aromatic rings. The van der Waals surface area contributed by atoms with E-state index in [0.717, 1.165) is 31.5 Å². The van der Waals surface area contributed by atoms with Gasteiger partial charge in [-0.05, 0) is 37.1 Å². The SMILES string of the molecule is O=CNCc1ccc(COC2CCNCC2)cc1. The van der Waals surface area contributed by atoms with E-state index in [2.05, 4.69) is 22.8 Å². The summed E-state index contributed by atoms with van der Waals surface area (Å²) in [5.74, 6) is 0. The number of ether oxygens (including phenoxy) is 1. The summed E-state index contributed by atoms with van der Waals surface area (Å²) in [5, 5.41) is 5.97. The maximum absolute atomic E-state index is 10.2. The predicted molar refractivity (Wildman–Crippen MR) is 70.0 cm³/mol. The van der Waals surface area contributed by atoms with Crippen LogP contribution < -0.4 is 10.6 Å². The predicted octanol–water partition coefficient (Wildman–Crippen LogP) is 1.20. The number of carbonyl (C=O) groups excluding carboxylic acids is 1. The van der Waals surface area contributed by atoms with Crippen LogP contribution in [0.4, 0.5) is 0 Å². The molecule has 2 rings (SSSR count). The lowest BCUT2D eigenvalue weighted by atomic mass is 10.1. The lowest BCUT2D eigenvalue weighted by Crippen LogP contribution is -2.32. The molecule has 0 unspecified atom stereocenters. The topological polar surface area (TPSA) is 50.4 Å². The number of amides is 1. The minimum Gasteiger partial charge on any atom is -0.373 e. The molecule has 1 saturated heterocycles. The molecule has 0 bridgehead atoms. The first-order chi connectivity index (χ1) is 8.88. The Labute approximate surface area is 108 Å². The summed E-state index contributed by atoms with van der Waals surface area (Å²) in [6.45, 7) is 3.37. The maximum atomic E-state index is 10.2. The van der Waals surface area contributed by atoms with Crippen LogP contribution in [-0.2, 0) is 22.7 Å². The van der Waals surface area contributed by atoms with Gasteiger partial charge in [-0.2, -0.15) is 0 Å². The Kier molecular flexibility index (Phi) is 5.17. The van der Waals surface area contributed by atoms with Crippen LogP contribution in [0.25, 0.3) is 0 Å². The van der Waals surface area contributed by atoms with Crippen molar-refractivity contribution in [3.63, 3.8) is 0 Å². The van der Waals surface area contributed by atoms with Crippen molar-refractivity contribution in [2.45, 2.75) is 32.1 Å². The monoisotopic (exact) mass is 248 g/mol. The number of carbonyl (C=O) groups is 1. The minimum atomic E-state index is 0.391. The van der Waals surface area contributed by atoms with Gasteiger partial charge in [0.2, 0.25) is 6.41 Å². The molecule has 0 aliphatic carbocycles. The quantitative estimate of drug-likeness (QED) is 0.744. The molecule has 1 fully saturated rings. The van der Waals surface area contributed by atoms with Gasteiger partial charge in [0.25, 0.3) is 0 Å². The molecule has 4 heteroatoms. The zero-order valence-electron chi connectivity index (χ0n) is 10.5. The molecule has 0 aromatic heterocycles. The number of piperidine rings is 1. The van der Waals surface area contributed by atoms with Gasteiger partial charge in [-0.3, -0.25) is 4.79 Å². The van der Waals surface area contributed by atoms with E-state index >= 15 is 0 Å². The Morgan fingerprint density at radius 2 is 1.89 bits per heavy atom. The molecule has 0 atom stereocenters. The number of hydrogen-bond donors (Lipinski definition) is 2. The number of nitrogens with one attached hydrogen (secondary N) is 2. The van der Waals surface area contributed by atoms with E-state index in [4.69, 9.17) is 4.74 Å². The van der Waals surface area contributed by atoms with Gasteiger partial charge >= 0.3 is 0 Å². The Morgan fingerprint density at radius 3 is 2.56 bits per heavy atom. The van der Waals surface area contributed by atoms with Crippen molar-refractivity contribution >= 4 is 6.41 Å². The van der Waals surface area contributed by atoms with Gasteiger partial charge in [-0.25, -0.2) is 0 Å². The third-order valence-corrected chi connectivity index (χ3v) is 3.18. The summed E-state index contributed by atoms with van der Waals surface area (Å²) in [6.07, 6.45) is 3.30. The molecule has 0 spiro atoms. The highest BCUT2D eigenvalue weighted by Crippen LogP contribution is 2.12. The van der Waals surface area contributed by atoms with E-state index < -0.39 is 0 Å². The molecule has 0 saturated carbocycles. The smallest absolute Gasteiger partial charge is 0.207 e. The molecule has 0 radical (unpaired) electrons. The summed E-state index contributed by atoms with van der Waals surface area (Å²) in [6, 6.07) is 8.17. The fourth-order valence-corrected chi connectivity index (χ4v) is 2.09. The summed E-state index contributed by atoms with van der Waals surface area (Å²) in [4.78, 5) is 10.2. The first-order valence-electron chi connectivity index (χ1n) is 6.45. The minimum absolute atomic E-state index is 0.391. The van der Waals surface area contributed by atoms with Crippen LogP contribution in [0.1, 0.15) is 24.0 Å². The van der Waals surface area contributed by atoms with Gasteiger partial charge in [0, 0.05) is 6.54 Å². The Bertz CT molecular complexity index is 359. The Morgan fingerprint density at radius 1 is 1.22 bits per heavy atom. The maximum Gasteiger partial charge on any atom is 0.207 e. The molecule has 1 aliphatic rings. The van der Waals surface area contributed by atoms with Crippen molar-refractivity contribution in [1.82, 2.24) is 10.6 Å². The van der Waals surface area contributed by atoms with Crippen LogP contribution in [0.3, 0.4) is 0 Å². The molecule has 1 amide bonds. The summed E-state index contributed by atoms with van der Waals surface area (Å²) in [5.41, 5.74) is 2.29. The Balaban J connectivity index is 1.76. The largest absolute Gasteiger partial charge is 0.373 e. The van der Waals surface area contributed by atoms with Gasteiger partial charge < -0.3 is 15.4 Å². The van der Waals surface area contributed by atoms with Crippen molar-refractivity contribution in [1.29, 1.82) is 0 Å². The van der Waals surface area contributed by atoms with Crippen molar-refractivity contribution in [2.75, 3.05) is 13.1 Å². The molecule has 1 aromatic carbocycles. The van der Waals surface area contributed by atoms with Crippen LogP contribution in [-0.4, -0.2) is 25.6 Å². The van der Waals surface area contributed by atoms with E-state index in [1.807, 2.05) is 12.1 Å². The van der Waals surface area contributed by atoms with E-state index in [-0.39, 0.29) is 0 Å². The summed E-state index contributed by atoms with van der Waals surface area (Å²) >= 11 is 0. The van der Waals surface area contributed by atoms with Crippen LogP contribution in [0.5, 0.6) is 0 Å². The highest BCUT2D eigenvalue weighted by Gasteiger charge is 2.12. The molecular weight excluding hydrogens is 228 g/mol. The first-order valence-corrected chi connectivity index (χ1v) is 6.45. The normalized spacial score (nSPS) is 16.4. The van der Waals surface area contributed by atoms with Crippen LogP contribution in [0.15, 0.2) is 24.3 Å². The van der Waals surface area contributed by atoms with E-state index in [1.54, 1.807) is 0 Å².